The number of likely N-dealkylation sites (tertiary alicyclic amines) is 2. The van der Waals surface area contributed by atoms with E-state index in [1.807, 2.05) is 32.0 Å². The number of aromatic amines is 2. The Bertz CT molecular complexity index is 2210. The zero-order valence-electron chi connectivity index (χ0n) is 34.1. The van der Waals surface area contributed by atoms with E-state index in [4.69, 9.17) is 18.9 Å². The summed E-state index contributed by atoms with van der Waals surface area (Å²) in [6.45, 7) is 6.59. The molecule has 314 valence electrons. The van der Waals surface area contributed by atoms with Crippen LogP contribution in [0.1, 0.15) is 87.7 Å². The molecule has 4 aromatic rings. The lowest BCUT2D eigenvalue weighted by atomic mass is 9.96. The number of H-pyrrole nitrogens is 2. The predicted octanol–water partition coefficient (Wildman–Crippen LogP) is 6.16. The van der Waals surface area contributed by atoms with Crippen molar-refractivity contribution in [2.45, 2.75) is 89.6 Å². The Morgan fingerprint density at radius 1 is 0.831 bits per heavy atom. The fourth-order valence-corrected chi connectivity index (χ4v) is 8.20. The molecule has 4 N–H and O–H groups in total. The fourth-order valence-electron chi connectivity index (χ4n) is 8.20. The van der Waals surface area contributed by atoms with Gasteiger partial charge in [0.1, 0.15) is 41.0 Å². The van der Waals surface area contributed by atoms with E-state index in [1.165, 1.54) is 27.4 Å². The second-order valence-electron chi connectivity index (χ2n) is 15.3. The number of fused-ring (bicyclic) bond motifs is 2. The summed E-state index contributed by atoms with van der Waals surface area (Å²) < 4.78 is 37.2. The van der Waals surface area contributed by atoms with Crippen LogP contribution in [-0.4, -0.2) is 106 Å². The standard InChI is InChI=1S/C42H51FN8O8/c1-7-22(2)35(48-41(54)57-5)39(52)50-14-8-11-32(50)38-45-21-30(47-38)27-19-34-26(18-28(27)43)17-25-16-24(12-13-33(25)59-34)29-20-44-37(46-29)31-10-9-15-51(31)40(53)36(23(3)56-4)49-42(55)58-6/h12-13,16,18-23,31-32,35-36H,7-11,14-15,17H2,1-6H3,(H,44,46)(H,45,47)(H,48,54)(H,49,55)/t22-,23+,31-,32-,35-,36-/m0/s1. The van der Waals surface area contributed by atoms with E-state index < -0.39 is 36.2 Å². The monoisotopic (exact) mass is 814 g/mol. The minimum atomic E-state index is -0.935. The van der Waals surface area contributed by atoms with Gasteiger partial charge in [-0.15, -0.1) is 0 Å². The van der Waals surface area contributed by atoms with Crippen LogP contribution in [0.15, 0.2) is 42.7 Å². The Morgan fingerprint density at radius 2 is 1.41 bits per heavy atom. The smallest absolute Gasteiger partial charge is 0.407 e. The zero-order chi connectivity index (χ0) is 42.0. The number of hydrogen-bond acceptors (Lipinski definition) is 10. The van der Waals surface area contributed by atoms with Gasteiger partial charge < -0.3 is 49.3 Å². The van der Waals surface area contributed by atoms with Gasteiger partial charge in [-0.2, -0.15) is 0 Å². The third-order valence-electron chi connectivity index (χ3n) is 11.8. The Balaban J connectivity index is 1.06. The molecule has 3 aliphatic heterocycles. The first-order valence-corrected chi connectivity index (χ1v) is 20.0. The Kier molecular flexibility index (Phi) is 12.2. The lowest BCUT2D eigenvalue weighted by Gasteiger charge is -2.30. The van der Waals surface area contributed by atoms with Crippen LogP contribution in [0, 0.1) is 11.7 Å². The number of amides is 4. The van der Waals surface area contributed by atoms with Crippen molar-refractivity contribution < 1.29 is 42.5 Å². The second kappa shape index (κ2) is 17.5. The van der Waals surface area contributed by atoms with E-state index in [1.54, 1.807) is 35.2 Å². The SMILES string of the molecule is CC[C@H](C)[C@H](NC(=O)OC)C(=O)N1CCC[C@H]1c1ncc(-c2cc3c(cc2F)Cc2cc(-c4cnc([C@@H]5CCCN5C(=O)[C@@H](NC(=O)OC)[C@@H](C)OC)[nH]4)ccc2O3)[nH]1. The first-order chi connectivity index (χ1) is 28.4. The Hall–Kier alpha value is -5.97. The van der Waals surface area contributed by atoms with Gasteiger partial charge in [0.2, 0.25) is 11.8 Å². The first kappa shape index (κ1) is 41.2. The highest BCUT2D eigenvalue weighted by atomic mass is 19.1. The predicted molar refractivity (Wildman–Crippen MR) is 213 cm³/mol. The molecule has 5 heterocycles. The molecular formula is C42H51FN8O8. The minimum absolute atomic E-state index is 0.120. The molecule has 3 aliphatic rings. The third-order valence-corrected chi connectivity index (χ3v) is 11.8. The number of rotatable bonds is 12. The van der Waals surface area contributed by atoms with Gasteiger partial charge in [-0.05, 0) is 74.4 Å². The molecular weight excluding hydrogens is 764 g/mol. The molecule has 0 spiro atoms. The summed E-state index contributed by atoms with van der Waals surface area (Å²) in [7, 11) is 3.99. The molecule has 0 unspecified atom stereocenters. The first-order valence-electron chi connectivity index (χ1n) is 20.0. The summed E-state index contributed by atoms with van der Waals surface area (Å²) in [6, 6.07) is 6.55. The number of halogens is 1. The number of nitrogens with one attached hydrogen (secondary N) is 4. The Labute approximate surface area is 341 Å². The quantitative estimate of drug-likeness (QED) is 0.113. The highest BCUT2D eigenvalue weighted by Gasteiger charge is 2.40. The van der Waals surface area contributed by atoms with Crippen LogP contribution in [0.2, 0.25) is 0 Å². The minimum Gasteiger partial charge on any atom is -0.457 e. The third kappa shape index (κ3) is 8.33. The number of methoxy groups -OCH3 is 3. The number of aromatic nitrogens is 4. The summed E-state index contributed by atoms with van der Waals surface area (Å²) >= 11 is 0. The van der Waals surface area contributed by atoms with Gasteiger partial charge in [0.05, 0.1) is 56.2 Å². The number of carbonyl (C=O) groups is 4. The number of imidazole rings is 2. The van der Waals surface area contributed by atoms with Crippen molar-refractivity contribution in [3.05, 3.63) is 71.3 Å². The van der Waals surface area contributed by atoms with Crippen molar-refractivity contribution in [1.29, 1.82) is 0 Å². The van der Waals surface area contributed by atoms with Gasteiger partial charge in [-0.1, -0.05) is 20.3 Å². The molecule has 6 atom stereocenters. The van der Waals surface area contributed by atoms with Crippen LogP contribution < -0.4 is 15.4 Å². The van der Waals surface area contributed by atoms with Crippen LogP contribution in [0.5, 0.6) is 11.5 Å². The summed E-state index contributed by atoms with van der Waals surface area (Å²) in [5.41, 5.74) is 3.89. The highest BCUT2D eigenvalue weighted by Crippen LogP contribution is 2.42. The molecule has 7 rings (SSSR count). The van der Waals surface area contributed by atoms with Crippen LogP contribution >= 0.6 is 0 Å². The largest absolute Gasteiger partial charge is 0.457 e. The molecule has 59 heavy (non-hydrogen) atoms. The van der Waals surface area contributed by atoms with Gasteiger partial charge in [0, 0.05) is 43.3 Å². The number of alkyl carbamates (subject to hydrolysis) is 2. The van der Waals surface area contributed by atoms with E-state index in [0.717, 1.165) is 29.7 Å². The van der Waals surface area contributed by atoms with E-state index in [2.05, 4.69) is 30.6 Å². The lowest BCUT2D eigenvalue weighted by molar-refractivity contribution is -0.137. The van der Waals surface area contributed by atoms with E-state index in [9.17, 15) is 19.2 Å². The molecule has 0 bridgehead atoms. The molecule has 2 fully saturated rings. The van der Waals surface area contributed by atoms with E-state index in [-0.39, 0.29) is 35.4 Å². The van der Waals surface area contributed by atoms with Crippen molar-refractivity contribution in [1.82, 2.24) is 40.4 Å². The van der Waals surface area contributed by atoms with Crippen molar-refractivity contribution in [2.75, 3.05) is 34.4 Å². The van der Waals surface area contributed by atoms with Gasteiger partial charge in [0.15, 0.2) is 0 Å². The summed E-state index contributed by atoms with van der Waals surface area (Å²) in [5.74, 6) is 1.27. The van der Waals surface area contributed by atoms with Gasteiger partial charge in [0.25, 0.3) is 0 Å². The number of carbonyl (C=O) groups excluding carboxylic acids is 4. The van der Waals surface area contributed by atoms with E-state index in [0.29, 0.717) is 73.2 Å². The highest BCUT2D eigenvalue weighted by molar-refractivity contribution is 5.87. The number of nitrogens with zero attached hydrogens (tertiary/aromatic N) is 4. The Morgan fingerprint density at radius 3 is 2.02 bits per heavy atom. The number of benzene rings is 2. The fraction of sp³-hybridized carbons (Fsp3) is 0.476. The van der Waals surface area contributed by atoms with Crippen molar-refractivity contribution in [2.24, 2.45) is 5.92 Å². The molecule has 2 aromatic heterocycles. The van der Waals surface area contributed by atoms with Crippen LogP contribution in [0.4, 0.5) is 14.0 Å². The molecule has 4 amide bonds. The topological polar surface area (TPSA) is 193 Å². The van der Waals surface area contributed by atoms with Crippen LogP contribution in [-0.2, 0) is 30.2 Å². The molecule has 17 heteroatoms. The second-order valence-corrected chi connectivity index (χ2v) is 15.3. The number of ether oxygens (including phenoxy) is 4. The summed E-state index contributed by atoms with van der Waals surface area (Å²) in [5, 5.41) is 5.31. The maximum absolute atomic E-state index is 15.9. The molecule has 2 aromatic carbocycles. The van der Waals surface area contributed by atoms with Crippen LogP contribution in [0.3, 0.4) is 0 Å². The average Bonchev–Trinajstić information content (AvgIpc) is 4.09. The maximum atomic E-state index is 15.9. The van der Waals surface area contributed by atoms with E-state index >= 15 is 4.39 Å². The molecule has 2 saturated heterocycles. The van der Waals surface area contributed by atoms with Crippen LogP contribution in [0.25, 0.3) is 22.5 Å². The molecule has 0 radical (unpaired) electrons. The maximum Gasteiger partial charge on any atom is 0.407 e. The van der Waals surface area contributed by atoms with Crippen molar-refractivity contribution >= 4 is 24.0 Å². The zero-order valence-corrected chi connectivity index (χ0v) is 34.1. The van der Waals surface area contributed by atoms with Gasteiger partial charge in [-0.25, -0.2) is 23.9 Å². The van der Waals surface area contributed by atoms with Gasteiger partial charge >= 0.3 is 12.2 Å². The molecule has 0 saturated carbocycles. The summed E-state index contributed by atoms with van der Waals surface area (Å²) in [4.78, 5) is 70.9. The van der Waals surface area contributed by atoms with Gasteiger partial charge in [-0.3, -0.25) is 9.59 Å². The average molecular weight is 815 g/mol. The van der Waals surface area contributed by atoms with Crippen molar-refractivity contribution in [3.63, 3.8) is 0 Å². The lowest BCUT2D eigenvalue weighted by Crippen LogP contribution is -2.54. The number of hydrogen-bond donors (Lipinski definition) is 4. The molecule has 0 aliphatic carbocycles. The summed E-state index contributed by atoms with van der Waals surface area (Å²) in [6.07, 6.45) is 5.33. The normalized spacial score (nSPS) is 19.2. The van der Waals surface area contributed by atoms with Crippen molar-refractivity contribution in [3.8, 4) is 34.0 Å². The molecule has 16 nitrogen and oxygen atoms in total.